The molecule has 0 unspecified atom stereocenters. The van der Waals surface area contributed by atoms with Crippen molar-refractivity contribution in [2.45, 2.75) is 25.7 Å². The first kappa shape index (κ1) is 28.2. The topological polar surface area (TPSA) is 17.0 Å². The van der Waals surface area contributed by atoms with E-state index in [1.807, 2.05) is 0 Å². The third-order valence-electron chi connectivity index (χ3n) is 10.8. The van der Waals surface area contributed by atoms with Gasteiger partial charge in [-0.3, -0.25) is 0 Å². The highest BCUT2D eigenvalue weighted by molar-refractivity contribution is 6.16. The molecule has 1 aliphatic heterocycles. The van der Waals surface area contributed by atoms with E-state index in [1.54, 1.807) is 0 Å². The zero-order chi connectivity index (χ0) is 32.3. The van der Waals surface area contributed by atoms with Crippen molar-refractivity contribution < 1.29 is 0 Å². The first-order valence-electron chi connectivity index (χ1n) is 17.6. The Kier molecular flexibility index (Phi) is 6.55. The van der Waals surface area contributed by atoms with Gasteiger partial charge in [0.15, 0.2) is 0 Å². The summed E-state index contributed by atoms with van der Waals surface area (Å²) in [5, 5.41) is 13.1. The number of para-hydroxylation sites is 1. The zero-order valence-corrected chi connectivity index (χ0v) is 27.4. The van der Waals surface area contributed by atoms with Gasteiger partial charge < -0.3 is 9.88 Å². The summed E-state index contributed by atoms with van der Waals surface area (Å²) in [6, 6.07) is 45.2. The van der Waals surface area contributed by atoms with E-state index in [0.29, 0.717) is 0 Å². The molecule has 0 saturated carbocycles. The minimum atomic E-state index is 0.845. The molecular formula is C47H36N2. The normalized spacial score (nSPS) is 15.4. The van der Waals surface area contributed by atoms with E-state index < -0.39 is 0 Å². The Balaban J connectivity index is 1.24. The van der Waals surface area contributed by atoms with Crippen molar-refractivity contribution in [3.8, 4) is 5.69 Å². The van der Waals surface area contributed by atoms with Gasteiger partial charge in [-0.1, -0.05) is 121 Å². The Morgan fingerprint density at radius 3 is 1.92 bits per heavy atom. The molecule has 3 aliphatic rings. The van der Waals surface area contributed by atoms with Gasteiger partial charge >= 0.3 is 0 Å². The summed E-state index contributed by atoms with van der Waals surface area (Å²) in [6.07, 6.45) is 15.5. The Hall–Kier alpha value is -5.86. The fourth-order valence-corrected chi connectivity index (χ4v) is 8.73. The van der Waals surface area contributed by atoms with Crippen LogP contribution in [0.3, 0.4) is 0 Å². The van der Waals surface area contributed by atoms with Crippen molar-refractivity contribution in [1.29, 1.82) is 0 Å². The first-order chi connectivity index (χ1) is 24.3. The number of nitrogens with zero attached hydrogens (tertiary/aromatic N) is 1. The van der Waals surface area contributed by atoms with Crippen LogP contribution in [0.25, 0.3) is 60.9 Å². The molecule has 6 aromatic carbocycles. The Morgan fingerprint density at radius 2 is 1.20 bits per heavy atom. The largest absolute Gasteiger partial charge is 0.379 e. The molecule has 0 fully saturated rings. The van der Waals surface area contributed by atoms with Crippen LogP contribution in [-0.4, -0.2) is 11.1 Å². The van der Waals surface area contributed by atoms with Crippen LogP contribution in [0.4, 0.5) is 5.69 Å². The first-order valence-corrected chi connectivity index (χ1v) is 17.6. The minimum Gasteiger partial charge on any atom is -0.379 e. The summed E-state index contributed by atoms with van der Waals surface area (Å²) in [7, 11) is 0. The number of fused-ring (bicyclic) bond motifs is 6. The average Bonchev–Trinajstić information content (AvgIpc) is 3.51. The van der Waals surface area contributed by atoms with E-state index in [1.165, 1.54) is 93.4 Å². The van der Waals surface area contributed by atoms with Crippen LogP contribution in [0.15, 0.2) is 146 Å². The molecule has 49 heavy (non-hydrogen) atoms. The lowest BCUT2D eigenvalue weighted by Crippen LogP contribution is -2.32. The number of hydrogen-bond acceptors (Lipinski definition) is 1. The van der Waals surface area contributed by atoms with E-state index in [4.69, 9.17) is 0 Å². The molecular weight excluding hydrogens is 593 g/mol. The van der Waals surface area contributed by atoms with Gasteiger partial charge in [-0.05, 0) is 121 Å². The summed E-state index contributed by atoms with van der Waals surface area (Å²) >= 11 is 0. The second-order valence-electron chi connectivity index (χ2n) is 13.4. The Bertz CT molecular complexity index is 2640. The average molecular weight is 629 g/mol. The molecule has 7 aromatic rings. The van der Waals surface area contributed by atoms with Gasteiger partial charge in [-0.2, -0.15) is 0 Å². The van der Waals surface area contributed by atoms with Crippen LogP contribution < -0.4 is 15.8 Å². The molecule has 0 saturated heterocycles. The van der Waals surface area contributed by atoms with Crippen LogP contribution in [0.1, 0.15) is 48.1 Å². The molecule has 0 spiro atoms. The van der Waals surface area contributed by atoms with Crippen LogP contribution in [0, 0.1) is 0 Å². The van der Waals surface area contributed by atoms with Crippen LogP contribution in [0.2, 0.25) is 0 Å². The van der Waals surface area contributed by atoms with Gasteiger partial charge in [0.05, 0.1) is 16.9 Å². The summed E-state index contributed by atoms with van der Waals surface area (Å²) in [4.78, 5) is 0. The molecule has 2 nitrogen and oxygen atoms in total. The standard InChI is InChI=1S/C47H36N2/c1-3-14-31(15-4-1)45-37-20-9-11-22-39(37)46(40-23-12-10-21-38(40)45)41-27-26-34(35-18-7-8-19-36(35)41)32-25-28-43-42(30-32)47-44(24-13-29-48-47)49(43)33-16-5-2-6-17-33/h1-3,5-14,16-25,28,30,48H,4,15,26-27,29H2. The quantitative estimate of drug-likeness (QED) is 0.192. The van der Waals surface area contributed by atoms with Crippen molar-refractivity contribution >= 4 is 60.9 Å². The third-order valence-corrected chi connectivity index (χ3v) is 10.8. The number of rotatable bonds is 4. The van der Waals surface area contributed by atoms with E-state index >= 15 is 0 Å². The van der Waals surface area contributed by atoms with Crippen molar-refractivity contribution in [3.05, 3.63) is 178 Å². The monoisotopic (exact) mass is 628 g/mol. The second kappa shape index (κ2) is 11.4. The summed E-state index contributed by atoms with van der Waals surface area (Å²) in [5.74, 6) is 0. The predicted octanol–water partition coefficient (Wildman–Crippen LogP) is 10.3. The second-order valence-corrected chi connectivity index (χ2v) is 13.4. The van der Waals surface area contributed by atoms with Crippen LogP contribution in [0.5, 0.6) is 0 Å². The van der Waals surface area contributed by atoms with Crippen molar-refractivity contribution in [3.63, 3.8) is 0 Å². The predicted molar refractivity (Wildman–Crippen MR) is 209 cm³/mol. The van der Waals surface area contributed by atoms with Gasteiger partial charge in [0.2, 0.25) is 0 Å². The third kappa shape index (κ3) is 4.41. The number of hydrogen-bond donors (Lipinski definition) is 1. The fourth-order valence-electron chi connectivity index (χ4n) is 8.73. The molecule has 2 heterocycles. The summed E-state index contributed by atoms with van der Waals surface area (Å²) in [6.45, 7) is 0.845. The number of anilines is 1. The summed E-state index contributed by atoms with van der Waals surface area (Å²) < 4.78 is 2.39. The number of aromatic nitrogens is 1. The van der Waals surface area contributed by atoms with Crippen molar-refractivity contribution in [2.24, 2.45) is 0 Å². The Labute approximate surface area is 286 Å². The minimum absolute atomic E-state index is 0.845. The van der Waals surface area contributed by atoms with Crippen LogP contribution in [-0.2, 0) is 0 Å². The maximum absolute atomic E-state index is 3.71. The Morgan fingerprint density at radius 1 is 0.551 bits per heavy atom. The maximum atomic E-state index is 3.71. The van der Waals surface area contributed by atoms with Crippen molar-refractivity contribution in [2.75, 3.05) is 11.9 Å². The molecule has 1 aromatic heterocycles. The maximum Gasteiger partial charge on any atom is 0.0698 e. The van der Waals surface area contributed by atoms with Gasteiger partial charge in [-0.25, -0.2) is 0 Å². The lowest BCUT2D eigenvalue weighted by Gasteiger charge is -2.23. The molecule has 234 valence electrons. The number of benzene rings is 6. The van der Waals surface area contributed by atoms with Crippen molar-refractivity contribution in [1.82, 2.24) is 4.57 Å². The molecule has 2 aliphatic carbocycles. The number of nitrogens with one attached hydrogen (secondary N) is 1. The zero-order valence-electron chi connectivity index (χ0n) is 27.4. The molecule has 2 heteroatoms. The van der Waals surface area contributed by atoms with Gasteiger partial charge in [-0.15, -0.1) is 0 Å². The van der Waals surface area contributed by atoms with Gasteiger partial charge in [0.25, 0.3) is 0 Å². The van der Waals surface area contributed by atoms with E-state index in [2.05, 4.69) is 162 Å². The lowest BCUT2D eigenvalue weighted by molar-refractivity contribution is 1.04. The molecule has 10 rings (SSSR count). The van der Waals surface area contributed by atoms with E-state index in [-0.39, 0.29) is 0 Å². The van der Waals surface area contributed by atoms with E-state index in [0.717, 1.165) is 32.2 Å². The molecule has 0 radical (unpaired) electrons. The SMILES string of the molecule is C1=CCCC(c2c3ccccc3c(C3=c4ccccc4=C(c4ccc5c(c4)c4c(n5-c5ccccc5)C=CCN4)CC3)c3ccccc23)=C1. The van der Waals surface area contributed by atoms with Gasteiger partial charge in [0, 0.05) is 17.6 Å². The molecule has 0 bridgehead atoms. The molecule has 0 amide bonds. The van der Waals surface area contributed by atoms with Crippen LogP contribution >= 0.6 is 0 Å². The highest BCUT2D eigenvalue weighted by Crippen LogP contribution is 2.43. The number of allylic oxidation sites excluding steroid dienone is 4. The smallest absolute Gasteiger partial charge is 0.0698 e. The molecule has 1 N–H and O–H groups in total. The molecule has 0 atom stereocenters. The highest BCUT2D eigenvalue weighted by atomic mass is 15.0. The fraction of sp³-hybridized carbons (Fsp3) is 0.106. The van der Waals surface area contributed by atoms with Gasteiger partial charge in [0.1, 0.15) is 0 Å². The summed E-state index contributed by atoms with van der Waals surface area (Å²) in [5.41, 5.74) is 13.3. The van der Waals surface area contributed by atoms with E-state index in [9.17, 15) is 0 Å². The highest BCUT2D eigenvalue weighted by Gasteiger charge is 2.23. The lowest BCUT2D eigenvalue weighted by atomic mass is 9.80.